The van der Waals surface area contributed by atoms with Gasteiger partial charge in [0.15, 0.2) is 0 Å². The molecule has 3 aromatic rings. The van der Waals surface area contributed by atoms with Crippen LogP contribution in [-0.4, -0.2) is 8.32 Å². The summed E-state index contributed by atoms with van der Waals surface area (Å²) in [5, 5.41) is 2.47. The molecule has 0 N–H and O–H groups in total. The molecule has 3 heteroatoms. The lowest BCUT2D eigenvalue weighted by Gasteiger charge is -2.36. The molecule has 0 aliphatic rings. The first kappa shape index (κ1) is 14.2. The minimum atomic E-state index is -1.81. The standard InChI is InChI=1S/C18H22O2Si/c1-18(2,3)21(4,5)20-13-10-11-17-15(12-13)14-8-6-7-9-16(14)19-17/h6-12H,1-5H3. The summed E-state index contributed by atoms with van der Waals surface area (Å²) < 4.78 is 12.3. The van der Waals surface area contributed by atoms with Gasteiger partial charge < -0.3 is 8.84 Å². The van der Waals surface area contributed by atoms with Gasteiger partial charge in [-0.05, 0) is 42.4 Å². The van der Waals surface area contributed by atoms with Crippen LogP contribution in [-0.2, 0) is 0 Å². The molecule has 0 aliphatic carbocycles. The summed E-state index contributed by atoms with van der Waals surface area (Å²) >= 11 is 0. The van der Waals surface area contributed by atoms with Crippen LogP contribution in [0.3, 0.4) is 0 Å². The lowest BCUT2D eigenvalue weighted by Crippen LogP contribution is -2.43. The van der Waals surface area contributed by atoms with E-state index in [1.165, 1.54) is 0 Å². The van der Waals surface area contributed by atoms with Crippen LogP contribution in [0.5, 0.6) is 5.75 Å². The lowest BCUT2D eigenvalue weighted by molar-refractivity contribution is 0.492. The zero-order valence-corrected chi connectivity index (χ0v) is 14.4. The molecule has 0 bridgehead atoms. The van der Waals surface area contributed by atoms with Crippen molar-refractivity contribution in [1.82, 2.24) is 0 Å². The van der Waals surface area contributed by atoms with E-state index in [1.807, 2.05) is 30.3 Å². The minimum absolute atomic E-state index is 0.195. The van der Waals surface area contributed by atoms with Crippen molar-refractivity contribution >= 4 is 30.3 Å². The van der Waals surface area contributed by atoms with Gasteiger partial charge in [-0.25, -0.2) is 0 Å². The summed E-state index contributed by atoms with van der Waals surface area (Å²) in [5.74, 6) is 0.945. The Morgan fingerprint density at radius 1 is 0.905 bits per heavy atom. The van der Waals surface area contributed by atoms with Crippen LogP contribution in [0.4, 0.5) is 0 Å². The van der Waals surface area contributed by atoms with Gasteiger partial charge in [0.1, 0.15) is 16.9 Å². The van der Waals surface area contributed by atoms with E-state index in [4.69, 9.17) is 8.84 Å². The Balaban J connectivity index is 2.07. The van der Waals surface area contributed by atoms with E-state index in [-0.39, 0.29) is 5.04 Å². The molecule has 2 nitrogen and oxygen atoms in total. The molecule has 0 amide bonds. The van der Waals surface area contributed by atoms with Crippen molar-refractivity contribution < 1.29 is 8.84 Å². The van der Waals surface area contributed by atoms with E-state index in [0.29, 0.717) is 0 Å². The normalized spacial score (nSPS) is 13.0. The van der Waals surface area contributed by atoms with Crippen LogP contribution in [0.25, 0.3) is 21.9 Å². The van der Waals surface area contributed by atoms with Crippen molar-refractivity contribution in [3.63, 3.8) is 0 Å². The first-order chi connectivity index (χ1) is 9.78. The number of rotatable bonds is 2. The van der Waals surface area contributed by atoms with Gasteiger partial charge in [-0.2, -0.15) is 0 Å². The van der Waals surface area contributed by atoms with E-state index >= 15 is 0 Å². The van der Waals surface area contributed by atoms with E-state index in [0.717, 1.165) is 27.7 Å². The highest BCUT2D eigenvalue weighted by Gasteiger charge is 2.39. The third-order valence-corrected chi connectivity index (χ3v) is 8.89. The molecular weight excluding hydrogens is 276 g/mol. The smallest absolute Gasteiger partial charge is 0.250 e. The highest BCUT2D eigenvalue weighted by molar-refractivity contribution is 6.74. The van der Waals surface area contributed by atoms with Crippen LogP contribution in [0.1, 0.15) is 20.8 Å². The van der Waals surface area contributed by atoms with Gasteiger partial charge in [0.2, 0.25) is 8.32 Å². The van der Waals surface area contributed by atoms with Crippen molar-refractivity contribution in [2.45, 2.75) is 38.9 Å². The second-order valence-corrected chi connectivity index (χ2v) is 11.8. The fraction of sp³-hybridized carbons (Fsp3) is 0.333. The molecule has 0 unspecified atom stereocenters. The first-order valence-corrected chi connectivity index (χ1v) is 10.3. The van der Waals surface area contributed by atoms with Gasteiger partial charge in [-0.1, -0.05) is 39.0 Å². The Bertz CT molecular complexity index is 794. The Labute approximate surface area is 126 Å². The topological polar surface area (TPSA) is 22.4 Å². The van der Waals surface area contributed by atoms with Crippen molar-refractivity contribution in [2.24, 2.45) is 0 Å². The van der Waals surface area contributed by atoms with Crippen molar-refractivity contribution in [2.75, 3.05) is 0 Å². The Morgan fingerprint density at radius 3 is 2.29 bits per heavy atom. The van der Waals surface area contributed by atoms with Gasteiger partial charge in [0.05, 0.1) is 0 Å². The van der Waals surface area contributed by atoms with Crippen molar-refractivity contribution in [3.05, 3.63) is 42.5 Å². The predicted molar refractivity (Wildman–Crippen MR) is 91.5 cm³/mol. The molecule has 21 heavy (non-hydrogen) atoms. The van der Waals surface area contributed by atoms with Crippen LogP contribution in [0, 0.1) is 0 Å². The summed E-state index contributed by atoms with van der Waals surface area (Å²) in [6.07, 6.45) is 0. The quantitative estimate of drug-likeness (QED) is 0.544. The van der Waals surface area contributed by atoms with Gasteiger partial charge in [0, 0.05) is 10.8 Å². The number of para-hydroxylation sites is 1. The summed E-state index contributed by atoms with van der Waals surface area (Å²) in [4.78, 5) is 0. The fourth-order valence-electron chi connectivity index (χ4n) is 2.22. The minimum Gasteiger partial charge on any atom is -0.543 e. The molecule has 0 saturated carbocycles. The number of hydrogen-bond donors (Lipinski definition) is 0. The summed E-state index contributed by atoms with van der Waals surface area (Å²) in [6.45, 7) is 11.3. The number of fused-ring (bicyclic) bond motifs is 3. The maximum atomic E-state index is 6.39. The molecule has 0 aliphatic heterocycles. The van der Waals surface area contributed by atoms with Crippen LogP contribution >= 0.6 is 0 Å². The number of hydrogen-bond acceptors (Lipinski definition) is 2. The molecule has 3 rings (SSSR count). The second-order valence-electron chi connectivity index (χ2n) is 7.12. The first-order valence-electron chi connectivity index (χ1n) is 7.38. The van der Waals surface area contributed by atoms with Gasteiger partial charge in [0.25, 0.3) is 0 Å². The van der Waals surface area contributed by atoms with Crippen molar-refractivity contribution in [1.29, 1.82) is 0 Å². The van der Waals surface area contributed by atoms with Crippen LogP contribution in [0.2, 0.25) is 18.1 Å². The average Bonchev–Trinajstić information content (AvgIpc) is 2.75. The SMILES string of the molecule is CC(C)(C)[Si](C)(C)Oc1ccc2oc3ccccc3c2c1. The van der Waals surface area contributed by atoms with Crippen molar-refractivity contribution in [3.8, 4) is 5.75 Å². The predicted octanol–water partition coefficient (Wildman–Crippen LogP) is 5.97. The fourth-order valence-corrected chi connectivity index (χ4v) is 3.24. The molecule has 1 heterocycles. The Kier molecular flexibility index (Phi) is 3.13. The Hall–Kier alpha value is -1.74. The molecule has 0 fully saturated rings. The summed E-state index contributed by atoms with van der Waals surface area (Å²) in [5.41, 5.74) is 1.84. The zero-order chi connectivity index (χ0) is 15.3. The molecule has 0 spiro atoms. The van der Waals surface area contributed by atoms with Gasteiger partial charge in [-0.15, -0.1) is 0 Å². The molecule has 0 saturated heterocycles. The highest BCUT2D eigenvalue weighted by atomic mass is 28.4. The average molecular weight is 298 g/mol. The van der Waals surface area contributed by atoms with E-state index in [2.05, 4.69) is 46.0 Å². The summed E-state index contributed by atoms with van der Waals surface area (Å²) in [7, 11) is -1.81. The van der Waals surface area contributed by atoms with Crippen LogP contribution in [0.15, 0.2) is 46.9 Å². The van der Waals surface area contributed by atoms with E-state index in [9.17, 15) is 0 Å². The molecule has 0 radical (unpaired) electrons. The van der Waals surface area contributed by atoms with Crippen LogP contribution < -0.4 is 4.43 Å². The maximum absolute atomic E-state index is 6.39. The largest absolute Gasteiger partial charge is 0.543 e. The molecule has 0 atom stereocenters. The summed E-state index contributed by atoms with van der Waals surface area (Å²) in [6, 6.07) is 14.3. The Morgan fingerprint density at radius 2 is 1.57 bits per heavy atom. The molecule has 2 aromatic carbocycles. The molecule has 110 valence electrons. The third kappa shape index (κ3) is 2.46. The van der Waals surface area contributed by atoms with Gasteiger partial charge >= 0.3 is 0 Å². The molecular formula is C18H22O2Si. The second kappa shape index (κ2) is 4.63. The monoisotopic (exact) mass is 298 g/mol. The zero-order valence-electron chi connectivity index (χ0n) is 13.4. The number of benzene rings is 2. The maximum Gasteiger partial charge on any atom is 0.250 e. The molecule has 1 aromatic heterocycles. The van der Waals surface area contributed by atoms with E-state index in [1.54, 1.807) is 0 Å². The number of furan rings is 1. The lowest BCUT2D eigenvalue weighted by atomic mass is 10.1. The highest BCUT2D eigenvalue weighted by Crippen LogP contribution is 2.38. The van der Waals surface area contributed by atoms with Gasteiger partial charge in [-0.3, -0.25) is 0 Å². The van der Waals surface area contributed by atoms with E-state index < -0.39 is 8.32 Å². The third-order valence-electron chi connectivity index (χ3n) is 4.53.